The molecule has 0 spiro atoms. The Kier molecular flexibility index (Phi) is 3.73. The topological polar surface area (TPSA) is 76.0 Å². The molecule has 6 heteroatoms. The molecule has 0 heterocycles. The van der Waals surface area contributed by atoms with Crippen molar-refractivity contribution < 1.29 is 24.3 Å². The van der Waals surface area contributed by atoms with Gasteiger partial charge in [-0.2, -0.15) is 0 Å². The molecular weight excluding hydrogens is 247 g/mol. The zero-order valence-corrected chi connectivity index (χ0v) is 10.6. The van der Waals surface area contributed by atoms with Crippen LogP contribution >= 0.6 is 0 Å². The van der Waals surface area contributed by atoms with Crippen molar-refractivity contribution in [2.75, 3.05) is 14.2 Å². The molecule has 2 rings (SSSR count). The van der Waals surface area contributed by atoms with E-state index in [1.54, 1.807) is 18.2 Å². The minimum Gasteiger partial charge on any atom is -0.493 e. The van der Waals surface area contributed by atoms with Crippen molar-refractivity contribution >= 4 is 29.6 Å². The molecule has 0 amide bonds. The van der Waals surface area contributed by atoms with E-state index in [9.17, 15) is 14.8 Å². The Bertz CT molecular complexity index is 624. The molecule has 0 bridgehead atoms. The lowest BCUT2D eigenvalue weighted by atomic mass is 9.76. The molecule has 2 aromatic carbocycles. The summed E-state index contributed by atoms with van der Waals surface area (Å²) in [6, 6.07) is 6.57. The van der Waals surface area contributed by atoms with E-state index in [1.807, 2.05) is 0 Å². The second-order valence-electron chi connectivity index (χ2n) is 3.99. The predicted octanol–water partition coefficient (Wildman–Crippen LogP) is 0.349. The Hall–Kier alpha value is -2.05. The molecule has 98 valence electrons. The Labute approximate surface area is 110 Å². The second-order valence-corrected chi connectivity index (χ2v) is 3.99. The third-order valence-electron chi connectivity index (χ3n) is 3.00. The summed E-state index contributed by atoms with van der Waals surface area (Å²) in [5, 5.41) is 19.9. The summed E-state index contributed by atoms with van der Waals surface area (Å²) in [7, 11) is 1.32. The second kappa shape index (κ2) is 5.30. The molecule has 0 fully saturated rings. The monoisotopic (exact) mass is 260 g/mol. The van der Waals surface area contributed by atoms with E-state index in [0.717, 1.165) is 5.39 Å². The van der Waals surface area contributed by atoms with Crippen LogP contribution in [0.1, 0.15) is 10.4 Å². The zero-order valence-electron chi connectivity index (χ0n) is 10.6. The Morgan fingerprint density at radius 2 is 1.74 bits per heavy atom. The van der Waals surface area contributed by atoms with E-state index in [4.69, 9.17) is 9.47 Å². The van der Waals surface area contributed by atoms with Gasteiger partial charge in [-0.25, -0.2) is 0 Å². The first kappa shape index (κ1) is 13.4. The van der Waals surface area contributed by atoms with Gasteiger partial charge >= 0.3 is 7.12 Å². The van der Waals surface area contributed by atoms with Crippen LogP contribution in [-0.2, 0) is 0 Å². The van der Waals surface area contributed by atoms with E-state index in [2.05, 4.69) is 0 Å². The van der Waals surface area contributed by atoms with Crippen molar-refractivity contribution in [3.8, 4) is 11.5 Å². The fourth-order valence-electron chi connectivity index (χ4n) is 2.05. The first-order chi connectivity index (χ1) is 9.12. The third-order valence-corrected chi connectivity index (χ3v) is 3.00. The molecule has 0 aliphatic heterocycles. The summed E-state index contributed by atoms with van der Waals surface area (Å²) in [6.07, 6.45) is 0.600. The highest BCUT2D eigenvalue weighted by Crippen LogP contribution is 2.32. The van der Waals surface area contributed by atoms with Gasteiger partial charge in [0.15, 0.2) is 11.5 Å². The van der Waals surface area contributed by atoms with E-state index in [0.29, 0.717) is 23.2 Å². The maximum atomic E-state index is 11.2. The van der Waals surface area contributed by atoms with Crippen LogP contribution in [0.15, 0.2) is 24.3 Å². The molecule has 0 atom stereocenters. The van der Waals surface area contributed by atoms with Gasteiger partial charge in [-0.15, -0.1) is 0 Å². The van der Waals surface area contributed by atoms with Crippen LogP contribution in [0, 0.1) is 0 Å². The van der Waals surface area contributed by atoms with Gasteiger partial charge in [0.2, 0.25) is 0 Å². The maximum absolute atomic E-state index is 11.2. The van der Waals surface area contributed by atoms with Gasteiger partial charge < -0.3 is 19.5 Å². The lowest BCUT2D eigenvalue weighted by Gasteiger charge is -2.12. The van der Waals surface area contributed by atoms with Gasteiger partial charge in [-0.3, -0.25) is 4.79 Å². The fourth-order valence-corrected chi connectivity index (χ4v) is 2.05. The number of hydrogen-bond acceptors (Lipinski definition) is 5. The average Bonchev–Trinajstić information content (AvgIpc) is 2.43. The van der Waals surface area contributed by atoms with Crippen LogP contribution in [-0.4, -0.2) is 37.7 Å². The predicted molar refractivity (Wildman–Crippen MR) is 72.3 cm³/mol. The number of aldehydes is 1. The molecule has 0 aliphatic rings. The van der Waals surface area contributed by atoms with Crippen molar-refractivity contribution in [2.45, 2.75) is 0 Å². The molecule has 19 heavy (non-hydrogen) atoms. The molecule has 5 nitrogen and oxygen atoms in total. The largest absolute Gasteiger partial charge is 0.493 e. The molecule has 0 saturated carbocycles. The summed E-state index contributed by atoms with van der Waals surface area (Å²) >= 11 is 0. The summed E-state index contributed by atoms with van der Waals surface area (Å²) in [5.74, 6) is 1.02. The molecule has 0 radical (unpaired) electrons. The van der Waals surface area contributed by atoms with Crippen molar-refractivity contribution in [2.24, 2.45) is 0 Å². The average molecular weight is 260 g/mol. The van der Waals surface area contributed by atoms with Crippen LogP contribution in [0.5, 0.6) is 11.5 Å². The molecular formula is C13H13BO5. The van der Waals surface area contributed by atoms with E-state index in [1.165, 1.54) is 20.3 Å². The standard InChI is InChI=1S/C13H13BO5/c1-18-12-5-8-3-4-11(14(16)17)10(7-15)9(8)6-13(12)19-2/h3-7,16-17H,1-2H3. The first-order valence-corrected chi connectivity index (χ1v) is 5.62. The van der Waals surface area contributed by atoms with Crippen molar-refractivity contribution in [3.05, 3.63) is 29.8 Å². The highest BCUT2D eigenvalue weighted by Gasteiger charge is 2.19. The van der Waals surface area contributed by atoms with E-state index in [-0.39, 0.29) is 11.0 Å². The van der Waals surface area contributed by atoms with E-state index >= 15 is 0 Å². The quantitative estimate of drug-likeness (QED) is 0.612. The van der Waals surface area contributed by atoms with E-state index < -0.39 is 7.12 Å². The highest BCUT2D eigenvalue weighted by molar-refractivity contribution is 6.60. The Morgan fingerprint density at radius 3 is 2.26 bits per heavy atom. The van der Waals surface area contributed by atoms with Crippen molar-refractivity contribution in [1.29, 1.82) is 0 Å². The van der Waals surface area contributed by atoms with Crippen LogP contribution in [0.2, 0.25) is 0 Å². The normalized spacial score (nSPS) is 10.3. The number of methoxy groups -OCH3 is 2. The van der Waals surface area contributed by atoms with Crippen LogP contribution < -0.4 is 14.9 Å². The highest BCUT2D eigenvalue weighted by atomic mass is 16.5. The summed E-state index contributed by atoms with van der Waals surface area (Å²) in [5.41, 5.74) is 0.392. The van der Waals surface area contributed by atoms with Gasteiger partial charge in [0, 0.05) is 5.56 Å². The summed E-state index contributed by atoms with van der Waals surface area (Å²) in [4.78, 5) is 11.2. The third kappa shape index (κ3) is 2.28. The van der Waals surface area contributed by atoms with Gasteiger partial charge in [0.25, 0.3) is 0 Å². The smallest absolute Gasteiger partial charge is 0.489 e. The number of carbonyl (C=O) groups excluding carboxylic acids is 1. The number of hydrogen-bond donors (Lipinski definition) is 2. The SMILES string of the molecule is COc1cc2ccc(B(O)O)c(C=O)c2cc1OC. The molecule has 0 unspecified atom stereocenters. The molecule has 0 aliphatic carbocycles. The molecule has 2 N–H and O–H groups in total. The number of ether oxygens (including phenoxy) is 2. The van der Waals surface area contributed by atoms with Gasteiger partial charge in [0.05, 0.1) is 14.2 Å². The van der Waals surface area contributed by atoms with Crippen LogP contribution in [0.4, 0.5) is 0 Å². The Balaban J connectivity index is 2.80. The molecule has 2 aromatic rings. The summed E-state index contributed by atoms with van der Waals surface area (Å²) < 4.78 is 10.4. The molecule has 0 aromatic heterocycles. The number of rotatable bonds is 4. The first-order valence-electron chi connectivity index (χ1n) is 5.62. The van der Waals surface area contributed by atoms with Crippen LogP contribution in [0.3, 0.4) is 0 Å². The zero-order chi connectivity index (χ0) is 14.0. The lowest BCUT2D eigenvalue weighted by Crippen LogP contribution is -2.33. The van der Waals surface area contributed by atoms with Crippen molar-refractivity contribution in [3.63, 3.8) is 0 Å². The minimum absolute atomic E-state index is 0.162. The molecule has 0 saturated heterocycles. The minimum atomic E-state index is -1.70. The maximum Gasteiger partial charge on any atom is 0.489 e. The number of carbonyl (C=O) groups is 1. The number of fused-ring (bicyclic) bond motifs is 1. The van der Waals surface area contributed by atoms with Crippen molar-refractivity contribution in [1.82, 2.24) is 0 Å². The summed E-state index contributed by atoms with van der Waals surface area (Å²) in [6.45, 7) is 0. The van der Waals surface area contributed by atoms with Gasteiger partial charge in [-0.05, 0) is 28.4 Å². The number of benzene rings is 2. The van der Waals surface area contributed by atoms with Gasteiger partial charge in [0.1, 0.15) is 6.29 Å². The lowest BCUT2D eigenvalue weighted by molar-refractivity contribution is 0.112. The Morgan fingerprint density at radius 1 is 1.11 bits per heavy atom. The van der Waals surface area contributed by atoms with Gasteiger partial charge in [-0.1, -0.05) is 12.1 Å². The van der Waals surface area contributed by atoms with Crippen LogP contribution in [0.25, 0.3) is 10.8 Å². The fraction of sp³-hybridized carbons (Fsp3) is 0.154.